The first-order valence-corrected chi connectivity index (χ1v) is 12.4. The molecule has 0 radical (unpaired) electrons. The normalized spacial score (nSPS) is 20.1. The number of benzene rings is 1. The van der Waals surface area contributed by atoms with Crippen molar-refractivity contribution in [3.05, 3.63) is 35.1 Å². The Kier molecular flexibility index (Phi) is 9.04. The quantitative estimate of drug-likeness (QED) is 0.214. The van der Waals surface area contributed by atoms with E-state index in [2.05, 4.69) is 6.92 Å². The molecule has 3 nitrogen and oxygen atoms in total. The summed E-state index contributed by atoms with van der Waals surface area (Å²) in [5.74, 6) is -4.51. The van der Waals surface area contributed by atoms with Crippen LogP contribution in [-0.2, 0) is 19.7 Å². The smallest absolute Gasteiger partial charge is 0.316 e. The molecular formula is C26H37F3O3. The van der Waals surface area contributed by atoms with E-state index in [0.29, 0.717) is 19.4 Å². The van der Waals surface area contributed by atoms with Crippen LogP contribution in [0.5, 0.6) is 0 Å². The molecule has 0 N–H and O–H groups in total. The van der Waals surface area contributed by atoms with Crippen molar-refractivity contribution in [1.29, 1.82) is 0 Å². The van der Waals surface area contributed by atoms with Gasteiger partial charge in [-0.3, -0.25) is 4.79 Å². The topological polar surface area (TPSA) is 35.5 Å². The largest absolute Gasteiger partial charge is 0.462 e. The summed E-state index contributed by atoms with van der Waals surface area (Å²) in [5.41, 5.74) is -1.43. The van der Waals surface area contributed by atoms with E-state index in [1.807, 2.05) is 0 Å². The van der Waals surface area contributed by atoms with Gasteiger partial charge >= 0.3 is 5.97 Å². The lowest BCUT2D eigenvalue weighted by molar-refractivity contribution is -0.168. The third-order valence-electron chi connectivity index (χ3n) is 7.27. The number of rotatable bonds is 10. The van der Waals surface area contributed by atoms with E-state index in [1.54, 1.807) is 0 Å². The second kappa shape index (κ2) is 11.5. The number of ether oxygens (including phenoxy) is 2. The summed E-state index contributed by atoms with van der Waals surface area (Å²) in [6, 6.07) is 1.93. The molecule has 2 aliphatic carbocycles. The van der Waals surface area contributed by atoms with Gasteiger partial charge in [-0.25, -0.2) is 13.2 Å². The molecule has 0 amide bonds. The van der Waals surface area contributed by atoms with Crippen molar-refractivity contribution < 1.29 is 27.4 Å². The van der Waals surface area contributed by atoms with E-state index >= 15 is 0 Å². The molecule has 0 heterocycles. The molecule has 6 heteroatoms. The SMILES string of the molecule is CCCCCCOC1(COC(=O)C2(c3cc(F)c(F)c(F)c3)CCCCC2)CCCCC1. The van der Waals surface area contributed by atoms with Gasteiger partial charge in [0.2, 0.25) is 0 Å². The molecule has 3 rings (SSSR count). The summed E-state index contributed by atoms with van der Waals surface area (Å²) in [4.78, 5) is 13.4. The second-order valence-electron chi connectivity index (χ2n) is 9.63. The standard InChI is InChI=1S/C26H37F3O3/c1-2-3-4-11-16-32-25(12-7-5-8-13-25)19-31-24(30)26(14-9-6-10-15-26)20-17-21(27)23(29)22(28)18-20/h17-18H,2-16,19H2,1H3. The number of esters is 1. The third-order valence-corrected chi connectivity index (χ3v) is 7.27. The molecule has 0 spiro atoms. The van der Waals surface area contributed by atoms with E-state index in [1.165, 1.54) is 6.42 Å². The number of hydrogen-bond donors (Lipinski definition) is 0. The third kappa shape index (κ3) is 5.86. The highest BCUT2D eigenvalue weighted by Gasteiger charge is 2.45. The predicted molar refractivity (Wildman–Crippen MR) is 118 cm³/mol. The molecule has 2 aliphatic rings. The molecule has 2 fully saturated rings. The van der Waals surface area contributed by atoms with Crippen molar-refractivity contribution in [3.63, 3.8) is 0 Å². The van der Waals surface area contributed by atoms with Crippen LogP contribution < -0.4 is 0 Å². The zero-order valence-corrected chi connectivity index (χ0v) is 19.3. The minimum atomic E-state index is -1.51. The molecule has 0 atom stereocenters. The number of unbranched alkanes of at least 4 members (excludes halogenated alkanes) is 3. The molecular weight excluding hydrogens is 417 g/mol. The van der Waals surface area contributed by atoms with Gasteiger partial charge in [0.1, 0.15) is 12.2 Å². The Morgan fingerprint density at radius 3 is 2.06 bits per heavy atom. The van der Waals surface area contributed by atoms with Crippen LogP contribution in [0.2, 0.25) is 0 Å². The first-order chi connectivity index (χ1) is 15.4. The Labute approximate surface area is 190 Å². The summed E-state index contributed by atoms with van der Waals surface area (Å²) in [7, 11) is 0. The van der Waals surface area contributed by atoms with Crippen LogP contribution in [0.15, 0.2) is 12.1 Å². The first kappa shape index (κ1) is 25.1. The van der Waals surface area contributed by atoms with Crippen molar-refractivity contribution in [2.24, 2.45) is 0 Å². The molecule has 1 aromatic carbocycles. The fourth-order valence-electron chi connectivity index (χ4n) is 5.28. The highest BCUT2D eigenvalue weighted by molar-refractivity contribution is 5.83. The van der Waals surface area contributed by atoms with Gasteiger partial charge in [-0.05, 0) is 49.8 Å². The van der Waals surface area contributed by atoms with Crippen LogP contribution in [0.1, 0.15) is 102 Å². The summed E-state index contributed by atoms with van der Waals surface area (Å²) >= 11 is 0. The molecule has 2 saturated carbocycles. The van der Waals surface area contributed by atoms with Crippen molar-refractivity contribution in [2.75, 3.05) is 13.2 Å². The maximum Gasteiger partial charge on any atom is 0.316 e. The van der Waals surface area contributed by atoms with Crippen LogP contribution in [0.4, 0.5) is 13.2 Å². The molecule has 0 bridgehead atoms. The molecule has 1 aromatic rings. The van der Waals surface area contributed by atoms with Gasteiger partial charge in [0.25, 0.3) is 0 Å². The number of hydrogen-bond acceptors (Lipinski definition) is 3. The Balaban J connectivity index is 1.73. The predicted octanol–water partition coefficient (Wildman–Crippen LogP) is 7.15. The van der Waals surface area contributed by atoms with E-state index in [-0.39, 0.29) is 12.2 Å². The number of halogens is 3. The van der Waals surface area contributed by atoms with Gasteiger partial charge in [0, 0.05) is 6.61 Å². The molecule has 180 valence electrons. The van der Waals surface area contributed by atoms with Crippen LogP contribution in [0.25, 0.3) is 0 Å². The maximum absolute atomic E-state index is 14.0. The second-order valence-corrected chi connectivity index (χ2v) is 9.63. The Hall–Kier alpha value is -1.56. The molecule has 0 aromatic heterocycles. The van der Waals surface area contributed by atoms with Gasteiger partial charge in [-0.1, -0.05) is 64.7 Å². The van der Waals surface area contributed by atoms with Crippen LogP contribution in [-0.4, -0.2) is 24.8 Å². The molecule has 0 unspecified atom stereocenters. The lowest BCUT2D eigenvalue weighted by Crippen LogP contribution is -2.45. The number of carbonyl (C=O) groups excluding carboxylic acids is 1. The zero-order valence-electron chi connectivity index (χ0n) is 19.3. The van der Waals surface area contributed by atoms with Gasteiger partial charge < -0.3 is 9.47 Å². The van der Waals surface area contributed by atoms with Crippen LogP contribution >= 0.6 is 0 Å². The summed E-state index contributed by atoms with van der Waals surface area (Å²) in [6.45, 7) is 2.98. The van der Waals surface area contributed by atoms with Gasteiger partial charge in [-0.2, -0.15) is 0 Å². The zero-order chi connectivity index (χ0) is 23.0. The fourth-order valence-corrected chi connectivity index (χ4v) is 5.28. The minimum Gasteiger partial charge on any atom is -0.462 e. The van der Waals surface area contributed by atoms with E-state index in [9.17, 15) is 18.0 Å². The van der Waals surface area contributed by atoms with Gasteiger partial charge in [-0.15, -0.1) is 0 Å². The molecule has 0 aliphatic heterocycles. The highest BCUT2D eigenvalue weighted by Crippen LogP contribution is 2.42. The maximum atomic E-state index is 14.0. The fraction of sp³-hybridized carbons (Fsp3) is 0.731. The Bertz CT molecular complexity index is 730. The minimum absolute atomic E-state index is 0.160. The summed E-state index contributed by atoms with van der Waals surface area (Å²) in [6.07, 6.45) is 12.7. The van der Waals surface area contributed by atoms with Crippen LogP contribution in [0.3, 0.4) is 0 Å². The average Bonchev–Trinajstić information content (AvgIpc) is 2.81. The first-order valence-electron chi connectivity index (χ1n) is 12.4. The van der Waals surface area contributed by atoms with Crippen LogP contribution in [0, 0.1) is 17.5 Å². The monoisotopic (exact) mass is 454 g/mol. The number of carbonyl (C=O) groups is 1. The van der Waals surface area contributed by atoms with E-state index < -0.39 is 34.4 Å². The Morgan fingerprint density at radius 1 is 0.875 bits per heavy atom. The van der Waals surface area contributed by atoms with Crippen molar-refractivity contribution in [3.8, 4) is 0 Å². The van der Waals surface area contributed by atoms with E-state index in [0.717, 1.165) is 82.8 Å². The molecule has 32 heavy (non-hydrogen) atoms. The van der Waals surface area contributed by atoms with E-state index in [4.69, 9.17) is 9.47 Å². The van der Waals surface area contributed by atoms with Crippen molar-refractivity contribution in [2.45, 2.75) is 108 Å². The van der Waals surface area contributed by atoms with Crippen molar-refractivity contribution >= 4 is 5.97 Å². The van der Waals surface area contributed by atoms with Gasteiger partial charge in [0.15, 0.2) is 17.5 Å². The summed E-state index contributed by atoms with van der Waals surface area (Å²) < 4.78 is 53.7. The van der Waals surface area contributed by atoms with Crippen molar-refractivity contribution in [1.82, 2.24) is 0 Å². The highest BCUT2D eigenvalue weighted by atomic mass is 19.2. The Morgan fingerprint density at radius 2 is 1.47 bits per heavy atom. The lowest BCUT2D eigenvalue weighted by atomic mass is 9.69. The average molecular weight is 455 g/mol. The molecule has 0 saturated heterocycles. The summed E-state index contributed by atoms with van der Waals surface area (Å²) in [5, 5.41) is 0. The van der Waals surface area contributed by atoms with Gasteiger partial charge in [0.05, 0.1) is 5.41 Å². The lowest BCUT2D eigenvalue weighted by Gasteiger charge is -2.39.